The SMILES string of the molecule is COc1cc([C@H](O)CCN)ccc1[N+](=O)[O-]. The predicted molar refractivity (Wildman–Crippen MR) is 58.3 cm³/mol. The second kappa shape index (κ2) is 5.43. The highest BCUT2D eigenvalue weighted by Gasteiger charge is 2.17. The Morgan fingerprint density at radius 1 is 1.62 bits per heavy atom. The molecule has 0 radical (unpaired) electrons. The fourth-order valence-corrected chi connectivity index (χ4v) is 1.38. The summed E-state index contributed by atoms with van der Waals surface area (Å²) >= 11 is 0. The molecule has 0 fully saturated rings. The van der Waals surface area contributed by atoms with Gasteiger partial charge in [-0.3, -0.25) is 10.1 Å². The van der Waals surface area contributed by atoms with Crippen LogP contribution in [0, 0.1) is 10.1 Å². The van der Waals surface area contributed by atoms with Gasteiger partial charge in [0.2, 0.25) is 0 Å². The second-order valence-electron chi connectivity index (χ2n) is 3.28. The van der Waals surface area contributed by atoms with E-state index in [1.54, 1.807) is 0 Å². The van der Waals surface area contributed by atoms with Crippen molar-refractivity contribution in [3.05, 3.63) is 33.9 Å². The van der Waals surface area contributed by atoms with E-state index in [1.165, 1.54) is 25.3 Å². The molecule has 0 amide bonds. The minimum absolute atomic E-state index is 0.119. The average molecular weight is 226 g/mol. The van der Waals surface area contributed by atoms with Crippen molar-refractivity contribution in [2.45, 2.75) is 12.5 Å². The molecule has 1 rings (SSSR count). The van der Waals surface area contributed by atoms with Crippen LogP contribution in [-0.4, -0.2) is 23.7 Å². The predicted octanol–water partition coefficient (Wildman–Crippen LogP) is 0.986. The molecule has 16 heavy (non-hydrogen) atoms. The third-order valence-electron chi connectivity index (χ3n) is 2.23. The molecule has 0 aromatic heterocycles. The first-order valence-electron chi connectivity index (χ1n) is 4.80. The maximum absolute atomic E-state index is 10.6. The molecular formula is C10H14N2O4. The van der Waals surface area contributed by atoms with Crippen molar-refractivity contribution >= 4 is 5.69 Å². The van der Waals surface area contributed by atoms with Gasteiger partial charge in [0.1, 0.15) is 0 Å². The van der Waals surface area contributed by atoms with Crippen LogP contribution in [0.25, 0.3) is 0 Å². The number of benzene rings is 1. The van der Waals surface area contributed by atoms with Crippen molar-refractivity contribution in [1.82, 2.24) is 0 Å². The number of rotatable bonds is 5. The van der Waals surface area contributed by atoms with Crippen LogP contribution in [0.3, 0.4) is 0 Å². The van der Waals surface area contributed by atoms with Crippen LogP contribution >= 0.6 is 0 Å². The van der Waals surface area contributed by atoms with E-state index < -0.39 is 11.0 Å². The highest BCUT2D eigenvalue weighted by Crippen LogP contribution is 2.30. The fourth-order valence-electron chi connectivity index (χ4n) is 1.38. The number of hydrogen-bond acceptors (Lipinski definition) is 5. The Labute approximate surface area is 92.8 Å². The lowest BCUT2D eigenvalue weighted by Crippen LogP contribution is -2.07. The molecule has 0 saturated heterocycles. The number of nitro benzene ring substituents is 1. The number of ether oxygens (including phenoxy) is 1. The maximum atomic E-state index is 10.6. The Kier molecular flexibility index (Phi) is 4.21. The van der Waals surface area contributed by atoms with Crippen LogP contribution in [0.2, 0.25) is 0 Å². The van der Waals surface area contributed by atoms with Crippen molar-refractivity contribution in [2.75, 3.05) is 13.7 Å². The molecule has 0 saturated carbocycles. The lowest BCUT2D eigenvalue weighted by molar-refractivity contribution is -0.385. The fraction of sp³-hybridized carbons (Fsp3) is 0.400. The third-order valence-corrected chi connectivity index (χ3v) is 2.23. The molecule has 0 aliphatic carbocycles. The van der Waals surface area contributed by atoms with E-state index in [9.17, 15) is 15.2 Å². The summed E-state index contributed by atoms with van der Waals surface area (Å²) in [6, 6.07) is 4.27. The zero-order valence-corrected chi connectivity index (χ0v) is 8.92. The number of methoxy groups -OCH3 is 1. The molecule has 1 aromatic rings. The van der Waals surface area contributed by atoms with Crippen molar-refractivity contribution < 1.29 is 14.8 Å². The van der Waals surface area contributed by atoms with E-state index in [1.807, 2.05) is 0 Å². The molecule has 0 spiro atoms. The minimum atomic E-state index is -0.722. The van der Waals surface area contributed by atoms with E-state index >= 15 is 0 Å². The van der Waals surface area contributed by atoms with Gasteiger partial charge in [-0.15, -0.1) is 0 Å². The molecule has 88 valence electrons. The average Bonchev–Trinajstić information content (AvgIpc) is 2.28. The number of nitro groups is 1. The van der Waals surface area contributed by atoms with Crippen molar-refractivity contribution in [3.63, 3.8) is 0 Å². The number of aliphatic hydroxyl groups is 1. The van der Waals surface area contributed by atoms with Gasteiger partial charge < -0.3 is 15.6 Å². The topological polar surface area (TPSA) is 98.6 Å². The largest absolute Gasteiger partial charge is 0.490 e. The number of nitrogens with zero attached hydrogens (tertiary/aromatic N) is 1. The number of nitrogens with two attached hydrogens (primary N) is 1. The Hall–Kier alpha value is -1.66. The normalized spacial score (nSPS) is 12.2. The smallest absolute Gasteiger partial charge is 0.310 e. The molecule has 6 nitrogen and oxygen atoms in total. The summed E-state index contributed by atoms with van der Waals surface area (Å²) < 4.78 is 4.89. The molecule has 3 N–H and O–H groups in total. The Morgan fingerprint density at radius 3 is 2.81 bits per heavy atom. The summed E-state index contributed by atoms with van der Waals surface area (Å²) in [5.74, 6) is 0.138. The maximum Gasteiger partial charge on any atom is 0.310 e. The molecule has 0 aliphatic rings. The zero-order chi connectivity index (χ0) is 12.1. The second-order valence-corrected chi connectivity index (χ2v) is 3.28. The molecule has 0 aliphatic heterocycles. The molecule has 1 atom stereocenters. The van der Waals surface area contributed by atoms with E-state index in [-0.39, 0.29) is 11.4 Å². The summed E-state index contributed by atoms with van der Waals surface area (Å²) in [7, 11) is 1.35. The van der Waals surface area contributed by atoms with Gasteiger partial charge in [-0.1, -0.05) is 0 Å². The highest BCUT2D eigenvalue weighted by atomic mass is 16.6. The van der Waals surface area contributed by atoms with Gasteiger partial charge in [0.15, 0.2) is 5.75 Å². The van der Waals surface area contributed by atoms with Gasteiger partial charge in [0.25, 0.3) is 0 Å². The quantitative estimate of drug-likeness (QED) is 0.576. The van der Waals surface area contributed by atoms with Crippen molar-refractivity contribution in [1.29, 1.82) is 0 Å². The first-order chi connectivity index (χ1) is 7.60. The number of aliphatic hydroxyl groups excluding tert-OH is 1. The molecule has 1 aromatic carbocycles. The Morgan fingerprint density at radius 2 is 2.31 bits per heavy atom. The zero-order valence-electron chi connectivity index (χ0n) is 8.92. The summed E-state index contributed by atoms with van der Waals surface area (Å²) in [6.45, 7) is 0.348. The summed E-state index contributed by atoms with van der Waals surface area (Å²) in [4.78, 5) is 10.1. The minimum Gasteiger partial charge on any atom is -0.490 e. The van der Waals surface area contributed by atoms with Crippen molar-refractivity contribution in [3.8, 4) is 5.75 Å². The van der Waals surface area contributed by atoms with E-state index in [4.69, 9.17) is 10.5 Å². The molecule has 6 heteroatoms. The Bertz CT molecular complexity index is 381. The standard InChI is InChI=1S/C10H14N2O4/c1-16-10-6-7(9(13)4-5-11)2-3-8(10)12(14)15/h2-3,6,9,13H,4-5,11H2,1H3/t9-/m1/s1. The Balaban J connectivity index is 3.03. The van der Waals surface area contributed by atoms with Crippen LogP contribution in [0.15, 0.2) is 18.2 Å². The van der Waals surface area contributed by atoms with Crippen LogP contribution in [0.4, 0.5) is 5.69 Å². The lowest BCUT2D eigenvalue weighted by Gasteiger charge is -2.10. The van der Waals surface area contributed by atoms with Gasteiger partial charge in [0, 0.05) is 6.07 Å². The van der Waals surface area contributed by atoms with E-state index in [0.717, 1.165) is 0 Å². The summed E-state index contributed by atoms with van der Waals surface area (Å²) in [6.07, 6.45) is -0.319. The van der Waals surface area contributed by atoms with Crippen molar-refractivity contribution in [2.24, 2.45) is 5.73 Å². The molecule has 0 bridgehead atoms. The van der Waals surface area contributed by atoms with E-state index in [0.29, 0.717) is 18.5 Å². The molecule has 0 heterocycles. The van der Waals surface area contributed by atoms with Crippen LogP contribution in [0.5, 0.6) is 5.75 Å². The monoisotopic (exact) mass is 226 g/mol. The van der Waals surface area contributed by atoms with Gasteiger partial charge in [-0.2, -0.15) is 0 Å². The van der Waals surface area contributed by atoms with Crippen LogP contribution in [-0.2, 0) is 0 Å². The molecular weight excluding hydrogens is 212 g/mol. The van der Waals surface area contributed by atoms with Gasteiger partial charge in [-0.25, -0.2) is 0 Å². The first-order valence-corrected chi connectivity index (χ1v) is 4.80. The van der Waals surface area contributed by atoms with Gasteiger partial charge in [-0.05, 0) is 30.7 Å². The number of hydrogen-bond donors (Lipinski definition) is 2. The highest BCUT2D eigenvalue weighted by molar-refractivity contribution is 5.48. The summed E-state index contributed by atoms with van der Waals surface area (Å²) in [5, 5.41) is 20.3. The third kappa shape index (κ3) is 2.68. The van der Waals surface area contributed by atoms with Crippen LogP contribution in [0.1, 0.15) is 18.1 Å². The van der Waals surface area contributed by atoms with Crippen LogP contribution < -0.4 is 10.5 Å². The van der Waals surface area contributed by atoms with Gasteiger partial charge in [0.05, 0.1) is 18.1 Å². The first kappa shape index (κ1) is 12.4. The summed E-state index contributed by atoms with van der Waals surface area (Å²) in [5.41, 5.74) is 5.76. The van der Waals surface area contributed by atoms with Gasteiger partial charge >= 0.3 is 5.69 Å². The molecule has 0 unspecified atom stereocenters. The van der Waals surface area contributed by atoms with E-state index in [2.05, 4.69) is 0 Å². The lowest BCUT2D eigenvalue weighted by atomic mass is 10.1.